The molecule has 5 nitrogen and oxygen atoms in total. The molecule has 1 aromatic rings. The number of para-hydroxylation sites is 1. The van der Waals surface area contributed by atoms with E-state index in [0.717, 1.165) is 5.56 Å². The summed E-state index contributed by atoms with van der Waals surface area (Å²) in [6, 6.07) is 5.46. The van der Waals surface area contributed by atoms with Crippen LogP contribution in [0.5, 0.6) is 11.5 Å². The molecule has 2 N–H and O–H groups in total. The smallest absolute Gasteiger partial charge is 0.166 e. The van der Waals surface area contributed by atoms with Gasteiger partial charge in [-0.2, -0.15) is 0 Å². The Bertz CT molecular complexity index is 505. The van der Waals surface area contributed by atoms with Crippen molar-refractivity contribution >= 4 is 9.84 Å². The summed E-state index contributed by atoms with van der Waals surface area (Å²) in [5.74, 6) is 1.40. The van der Waals surface area contributed by atoms with E-state index in [1.54, 1.807) is 13.2 Å². The fraction of sp³-hybridized carbons (Fsp3) is 0.500. The van der Waals surface area contributed by atoms with E-state index in [4.69, 9.17) is 15.2 Å². The summed E-state index contributed by atoms with van der Waals surface area (Å²) in [7, 11) is -1.40. The maximum atomic E-state index is 11.4. The van der Waals surface area contributed by atoms with Gasteiger partial charge in [-0.1, -0.05) is 12.1 Å². The summed E-state index contributed by atoms with van der Waals surface area (Å²) in [6.45, 7) is 0.325. The minimum absolute atomic E-state index is 0.0645. The molecule has 0 bridgehead atoms. The molecule has 6 heteroatoms. The van der Waals surface area contributed by atoms with E-state index < -0.39 is 9.84 Å². The number of sulfone groups is 1. The molecule has 1 aliphatic rings. The lowest BCUT2D eigenvalue weighted by molar-refractivity contribution is 0.216. The lowest BCUT2D eigenvalue weighted by Crippen LogP contribution is -2.19. The maximum Gasteiger partial charge on any atom is 0.166 e. The van der Waals surface area contributed by atoms with E-state index in [1.807, 2.05) is 12.1 Å². The predicted molar refractivity (Wildman–Crippen MR) is 68.6 cm³/mol. The fourth-order valence-corrected chi connectivity index (χ4v) is 3.63. The molecule has 0 spiro atoms. The average molecular weight is 271 g/mol. The van der Waals surface area contributed by atoms with E-state index in [9.17, 15) is 8.42 Å². The third kappa shape index (κ3) is 2.76. The van der Waals surface area contributed by atoms with E-state index in [0.29, 0.717) is 24.5 Å². The van der Waals surface area contributed by atoms with Crippen LogP contribution in [-0.4, -0.2) is 33.1 Å². The van der Waals surface area contributed by atoms with E-state index in [1.165, 1.54) is 0 Å². The third-order valence-electron chi connectivity index (χ3n) is 2.98. The number of nitrogens with two attached hydrogens (primary N) is 1. The van der Waals surface area contributed by atoms with Gasteiger partial charge in [0.2, 0.25) is 0 Å². The summed E-state index contributed by atoms with van der Waals surface area (Å²) in [5.41, 5.74) is 6.47. The van der Waals surface area contributed by atoms with Crippen LogP contribution in [0.1, 0.15) is 12.0 Å². The quantitative estimate of drug-likeness (QED) is 0.873. The zero-order valence-electron chi connectivity index (χ0n) is 10.3. The van der Waals surface area contributed by atoms with Crippen molar-refractivity contribution in [2.24, 2.45) is 5.73 Å². The molecule has 0 saturated carbocycles. The van der Waals surface area contributed by atoms with Crippen LogP contribution in [-0.2, 0) is 16.4 Å². The van der Waals surface area contributed by atoms with Crippen molar-refractivity contribution in [3.63, 3.8) is 0 Å². The second-order valence-corrected chi connectivity index (χ2v) is 6.52. The van der Waals surface area contributed by atoms with Crippen molar-refractivity contribution in [3.8, 4) is 11.5 Å². The molecule has 1 fully saturated rings. The van der Waals surface area contributed by atoms with Crippen molar-refractivity contribution in [2.75, 3.05) is 18.6 Å². The molecule has 1 aliphatic heterocycles. The van der Waals surface area contributed by atoms with Gasteiger partial charge in [0.15, 0.2) is 21.3 Å². The van der Waals surface area contributed by atoms with Gasteiger partial charge >= 0.3 is 0 Å². The number of benzene rings is 1. The van der Waals surface area contributed by atoms with Gasteiger partial charge in [0.1, 0.15) is 6.10 Å². The van der Waals surface area contributed by atoms with Gasteiger partial charge in [0.25, 0.3) is 0 Å². The second-order valence-electron chi connectivity index (χ2n) is 4.30. The minimum atomic E-state index is -2.95. The SMILES string of the molecule is COc1cccc(CN)c1OC1CCS(=O)(=O)C1. The molecular formula is C12H17NO4S. The molecule has 1 unspecified atom stereocenters. The Hall–Kier alpha value is -1.27. The number of rotatable bonds is 4. The highest BCUT2D eigenvalue weighted by atomic mass is 32.2. The van der Waals surface area contributed by atoms with Gasteiger partial charge in [-0.15, -0.1) is 0 Å². The number of hydrogen-bond acceptors (Lipinski definition) is 5. The molecule has 1 atom stereocenters. The first-order valence-corrected chi connectivity index (χ1v) is 7.61. The van der Waals surface area contributed by atoms with Crippen LogP contribution in [0, 0.1) is 0 Å². The Morgan fingerprint density at radius 1 is 1.44 bits per heavy atom. The van der Waals surface area contributed by atoms with Crippen LogP contribution in [0.2, 0.25) is 0 Å². The van der Waals surface area contributed by atoms with Gasteiger partial charge in [-0.25, -0.2) is 8.42 Å². The molecule has 100 valence electrons. The van der Waals surface area contributed by atoms with E-state index in [-0.39, 0.29) is 17.6 Å². The Labute approximate surface area is 107 Å². The molecule has 0 aliphatic carbocycles. The van der Waals surface area contributed by atoms with Crippen molar-refractivity contribution in [3.05, 3.63) is 23.8 Å². The molecule has 0 radical (unpaired) electrons. The van der Waals surface area contributed by atoms with Crippen LogP contribution in [0.4, 0.5) is 0 Å². The summed E-state index contributed by atoms with van der Waals surface area (Å²) >= 11 is 0. The average Bonchev–Trinajstić information content (AvgIpc) is 2.69. The van der Waals surface area contributed by atoms with Gasteiger partial charge in [-0.3, -0.25) is 0 Å². The van der Waals surface area contributed by atoms with Gasteiger partial charge in [0, 0.05) is 12.1 Å². The Kier molecular flexibility index (Phi) is 3.77. The molecule has 2 rings (SSSR count). The largest absolute Gasteiger partial charge is 0.493 e. The van der Waals surface area contributed by atoms with Crippen LogP contribution in [0.15, 0.2) is 18.2 Å². The maximum absolute atomic E-state index is 11.4. The fourth-order valence-electron chi connectivity index (χ4n) is 2.04. The number of hydrogen-bond donors (Lipinski definition) is 1. The van der Waals surface area contributed by atoms with Crippen LogP contribution >= 0.6 is 0 Å². The van der Waals surface area contributed by atoms with Gasteiger partial charge in [0.05, 0.1) is 18.6 Å². The third-order valence-corrected chi connectivity index (χ3v) is 4.71. The molecule has 1 saturated heterocycles. The topological polar surface area (TPSA) is 78.6 Å². The number of methoxy groups -OCH3 is 1. The molecular weight excluding hydrogens is 254 g/mol. The first-order valence-electron chi connectivity index (χ1n) is 5.79. The lowest BCUT2D eigenvalue weighted by Gasteiger charge is -2.17. The number of ether oxygens (including phenoxy) is 2. The molecule has 1 heterocycles. The standard InChI is InChI=1S/C12H17NO4S/c1-16-11-4-2-3-9(7-13)12(11)17-10-5-6-18(14,15)8-10/h2-4,10H,5-8,13H2,1H3. The molecule has 0 amide bonds. The minimum Gasteiger partial charge on any atom is -0.493 e. The summed E-state index contributed by atoms with van der Waals surface area (Å²) < 4.78 is 33.8. The van der Waals surface area contributed by atoms with E-state index in [2.05, 4.69) is 0 Å². The van der Waals surface area contributed by atoms with E-state index >= 15 is 0 Å². The lowest BCUT2D eigenvalue weighted by atomic mass is 10.2. The molecule has 18 heavy (non-hydrogen) atoms. The Morgan fingerprint density at radius 2 is 2.22 bits per heavy atom. The highest BCUT2D eigenvalue weighted by Gasteiger charge is 2.30. The predicted octanol–water partition coefficient (Wildman–Crippen LogP) is 0.720. The Morgan fingerprint density at radius 3 is 2.78 bits per heavy atom. The first-order chi connectivity index (χ1) is 8.55. The van der Waals surface area contributed by atoms with Gasteiger partial charge < -0.3 is 15.2 Å². The first kappa shape index (κ1) is 13.2. The second kappa shape index (κ2) is 5.16. The van der Waals surface area contributed by atoms with Crippen molar-refractivity contribution in [2.45, 2.75) is 19.1 Å². The normalized spacial score (nSPS) is 21.8. The zero-order chi connectivity index (χ0) is 13.2. The van der Waals surface area contributed by atoms with Gasteiger partial charge in [-0.05, 0) is 12.5 Å². The van der Waals surface area contributed by atoms with Crippen molar-refractivity contribution < 1.29 is 17.9 Å². The summed E-state index contributed by atoms with van der Waals surface area (Å²) in [5, 5.41) is 0. The highest BCUT2D eigenvalue weighted by Crippen LogP contribution is 2.33. The van der Waals surface area contributed by atoms with Crippen molar-refractivity contribution in [1.29, 1.82) is 0 Å². The van der Waals surface area contributed by atoms with Crippen LogP contribution < -0.4 is 15.2 Å². The zero-order valence-corrected chi connectivity index (χ0v) is 11.1. The molecule has 0 aromatic heterocycles. The summed E-state index contributed by atoms with van der Waals surface area (Å²) in [6.07, 6.45) is 0.210. The van der Waals surface area contributed by atoms with Crippen LogP contribution in [0.3, 0.4) is 0 Å². The summed E-state index contributed by atoms with van der Waals surface area (Å²) in [4.78, 5) is 0. The van der Waals surface area contributed by atoms with Crippen molar-refractivity contribution in [1.82, 2.24) is 0 Å². The monoisotopic (exact) mass is 271 g/mol. The Balaban J connectivity index is 2.23. The van der Waals surface area contributed by atoms with Crippen LogP contribution in [0.25, 0.3) is 0 Å². The molecule has 1 aromatic carbocycles. The highest BCUT2D eigenvalue weighted by molar-refractivity contribution is 7.91.